The molecule has 0 saturated heterocycles. The average Bonchev–Trinajstić information content (AvgIpc) is 2.85. The minimum atomic E-state index is 0.109. The molecule has 4 nitrogen and oxygen atoms in total. The fraction of sp³-hybridized carbons (Fsp3) is 0.259. The van der Waals surface area contributed by atoms with Gasteiger partial charge >= 0.3 is 0 Å². The number of hydrogen-bond acceptors (Lipinski definition) is 4. The van der Waals surface area contributed by atoms with Gasteiger partial charge in [-0.1, -0.05) is 42.1 Å². The Bertz CT molecular complexity index is 1050. The van der Waals surface area contributed by atoms with Crippen LogP contribution in [-0.4, -0.2) is 31.1 Å². The summed E-state index contributed by atoms with van der Waals surface area (Å²) in [5.41, 5.74) is 4.03. The quantitative estimate of drug-likeness (QED) is 0.380. The van der Waals surface area contributed by atoms with Gasteiger partial charge in [-0.15, -0.1) is 0 Å². The van der Waals surface area contributed by atoms with Gasteiger partial charge in [0.25, 0.3) is 0 Å². The average molecular weight is 448 g/mol. The molecule has 1 aromatic heterocycles. The second-order valence-corrected chi connectivity index (χ2v) is 8.32. The topological polar surface area (TPSA) is 33.4 Å². The minimum Gasteiger partial charge on any atom is -0.496 e. The lowest BCUT2D eigenvalue weighted by molar-refractivity contribution is -0.694. The second-order valence-electron chi connectivity index (χ2n) is 7.25. The van der Waals surface area contributed by atoms with E-state index < -0.39 is 0 Å². The fourth-order valence-corrected chi connectivity index (χ4v) is 4.31. The zero-order chi connectivity index (χ0) is 22.8. The lowest BCUT2D eigenvalue weighted by atomic mass is 10.1. The molecule has 1 heterocycles. The molecule has 0 N–H and O–H groups in total. The number of hydrogen-bond donors (Lipinski definition) is 0. The first-order chi connectivity index (χ1) is 15.7. The van der Waals surface area contributed by atoms with Crippen LogP contribution in [0.15, 0.2) is 72.9 Å². The normalized spacial score (nSPS) is 11.0. The summed E-state index contributed by atoms with van der Waals surface area (Å²) in [5.74, 6) is 1.57. The van der Waals surface area contributed by atoms with Gasteiger partial charge in [0.1, 0.15) is 5.75 Å². The maximum absolute atomic E-state index is 12.3. The Morgan fingerprint density at radius 1 is 1.00 bits per heavy atom. The van der Waals surface area contributed by atoms with Crippen molar-refractivity contribution in [3.63, 3.8) is 0 Å². The Hall–Kier alpha value is -3.05. The van der Waals surface area contributed by atoms with Crippen LogP contribution in [0.2, 0.25) is 0 Å². The molecule has 0 spiro atoms. The maximum Gasteiger partial charge on any atom is 0.219 e. The lowest BCUT2D eigenvalue weighted by Crippen LogP contribution is -2.37. The number of ether oxygens (including phenoxy) is 1. The van der Waals surface area contributed by atoms with Gasteiger partial charge in [0.15, 0.2) is 12.7 Å². The van der Waals surface area contributed by atoms with E-state index in [-0.39, 0.29) is 5.12 Å². The Balaban J connectivity index is 1.70. The van der Waals surface area contributed by atoms with Crippen molar-refractivity contribution in [2.45, 2.75) is 20.4 Å². The number of carbonyl (C=O) groups is 1. The van der Waals surface area contributed by atoms with Gasteiger partial charge in [-0.25, -0.2) is 0 Å². The van der Waals surface area contributed by atoms with Gasteiger partial charge in [-0.3, -0.25) is 4.79 Å². The first-order valence-electron chi connectivity index (χ1n) is 11.0. The van der Waals surface area contributed by atoms with Crippen molar-refractivity contribution in [1.82, 2.24) is 0 Å². The third-order valence-electron chi connectivity index (χ3n) is 5.33. The predicted molar refractivity (Wildman–Crippen MR) is 135 cm³/mol. The molecular weight excluding hydrogens is 416 g/mol. The lowest BCUT2D eigenvalue weighted by Gasteiger charge is -2.22. The van der Waals surface area contributed by atoms with E-state index in [1.54, 1.807) is 7.11 Å². The zero-order valence-corrected chi connectivity index (χ0v) is 19.8. The fourth-order valence-electron chi connectivity index (χ4n) is 3.54. The van der Waals surface area contributed by atoms with Gasteiger partial charge in [-0.2, -0.15) is 4.57 Å². The Morgan fingerprint density at radius 2 is 1.75 bits per heavy atom. The van der Waals surface area contributed by atoms with Crippen LogP contribution in [-0.2, 0) is 6.54 Å². The van der Waals surface area contributed by atoms with E-state index in [2.05, 4.69) is 59.7 Å². The van der Waals surface area contributed by atoms with Crippen LogP contribution in [0.4, 0.5) is 5.69 Å². The van der Waals surface area contributed by atoms with Crippen LogP contribution in [0.5, 0.6) is 5.75 Å². The molecule has 5 heteroatoms. The summed E-state index contributed by atoms with van der Waals surface area (Å²) in [7, 11) is 1.71. The number of pyridine rings is 1. The van der Waals surface area contributed by atoms with Gasteiger partial charge in [0, 0.05) is 54.2 Å². The minimum absolute atomic E-state index is 0.109. The third kappa shape index (κ3) is 6.24. The van der Waals surface area contributed by atoms with E-state index in [1.807, 2.05) is 48.7 Å². The SMILES string of the molecule is CCN(CC)c1ccc(/C=C/c2cccc[n+]2CCSC(=O)c2ccccc2)c(OC)c1. The monoisotopic (exact) mass is 447 g/mol. The number of rotatable bonds is 10. The molecule has 3 rings (SSSR count). The highest BCUT2D eigenvalue weighted by Gasteiger charge is 2.11. The summed E-state index contributed by atoms with van der Waals surface area (Å²) < 4.78 is 7.82. The number of thioether (sulfide) groups is 1. The van der Waals surface area contributed by atoms with Gasteiger partial charge in [0.2, 0.25) is 10.8 Å². The second kappa shape index (κ2) is 12.1. The smallest absolute Gasteiger partial charge is 0.219 e. The highest BCUT2D eigenvalue weighted by Crippen LogP contribution is 2.27. The molecule has 0 aliphatic heterocycles. The van der Waals surface area contributed by atoms with Crippen molar-refractivity contribution < 1.29 is 14.1 Å². The molecule has 0 unspecified atom stereocenters. The first-order valence-corrected chi connectivity index (χ1v) is 12.0. The van der Waals surface area contributed by atoms with Crippen LogP contribution in [0, 0.1) is 0 Å². The molecule has 32 heavy (non-hydrogen) atoms. The summed E-state index contributed by atoms with van der Waals surface area (Å²) in [6.45, 7) is 6.99. The van der Waals surface area contributed by atoms with Gasteiger partial charge in [-0.05, 0) is 38.1 Å². The number of aryl methyl sites for hydroxylation is 1. The molecule has 0 amide bonds. The number of benzene rings is 2. The van der Waals surface area contributed by atoms with Crippen LogP contribution < -0.4 is 14.2 Å². The van der Waals surface area contributed by atoms with Crippen molar-refractivity contribution in [2.24, 2.45) is 0 Å². The maximum atomic E-state index is 12.3. The summed E-state index contributed by atoms with van der Waals surface area (Å²) in [5, 5.41) is 0.109. The summed E-state index contributed by atoms with van der Waals surface area (Å²) in [4.78, 5) is 14.6. The largest absolute Gasteiger partial charge is 0.496 e. The summed E-state index contributed by atoms with van der Waals surface area (Å²) in [6.07, 6.45) is 6.23. The van der Waals surface area contributed by atoms with E-state index in [4.69, 9.17) is 4.74 Å². The molecule has 0 aliphatic rings. The van der Waals surface area contributed by atoms with Crippen molar-refractivity contribution in [2.75, 3.05) is 30.9 Å². The molecule has 0 saturated carbocycles. The van der Waals surface area contributed by atoms with Crippen molar-refractivity contribution in [3.8, 4) is 5.75 Å². The predicted octanol–water partition coefficient (Wildman–Crippen LogP) is 5.57. The van der Waals surface area contributed by atoms with E-state index in [0.717, 1.165) is 42.2 Å². The van der Waals surface area contributed by atoms with Crippen molar-refractivity contribution in [1.29, 1.82) is 0 Å². The van der Waals surface area contributed by atoms with Gasteiger partial charge < -0.3 is 9.64 Å². The molecule has 166 valence electrons. The number of aromatic nitrogens is 1. The van der Waals surface area contributed by atoms with E-state index >= 15 is 0 Å². The van der Waals surface area contributed by atoms with Crippen molar-refractivity contribution >= 4 is 34.7 Å². The third-order valence-corrected chi connectivity index (χ3v) is 6.21. The molecule has 3 aromatic rings. The van der Waals surface area contributed by atoms with Crippen LogP contribution >= 0.6 is 11.8 Å². The number of nitrogens with zero attached hydrogens (tertiary/aromatic N) is 2. The standard InChI is InChI=1S/C27H31N2O2S/c1-4-28(5-2)25-17-15-22(26(21-25)31-3)14-16-24-13-9-10-18-29(24)19-20-32-27(30)23-11-7-6-8-12-23/h6-18,21H,4-5,19-20H2,1-3H3/q+1. The molecular formula is C27H31N2O2S+. The first kappa shape index (κ1) is 23.6. The zero-order valence-electron chi connectivity index (χ0n) is 19.0. The molecule has 0 bridgehead atoms. The molecule has 2 aromatic carbocycles. The number of methoxy groups -OCH3 is 1. The van der Waals surface area contributed by atoms with E-state index in [1.165, 1.54) is 17.4 Å². The highest BCUT2D eigenvalue weighted by molar-refractivity contribution is 8.14. The number of anilines is 1. The van der Waals surface area contributed by atoms with Crippen LogP contribution in [0.1, 0.15) is 35.5 Å². The molecule has 0 atom stereocenters. The summed E-state index contributed by atoms with van der Waals surface area (Å²) >= 11 is 1.35. The Kier molecular flexibility index (Phi) is 8.93. The molecule has 0 fully saturated rings. The van der Waals surface area contributed by atoms with Crippen molar-refractivity contribution in [3.05, 3.63) is 89.7 Å². The highest BCUT2D eigenvalue weighted by atomic mass is 32.2. The van der Waals surface area contributed by atoms with Gasteiger partial charge in [0.05, 0.1) is 12.9 Å². The van der Waals surface area contributed by atoms with Crippen LogP contribution in [0.3, 0.4) is 0 Å². The van der Waals surface area contributed by atoms with E-state index in [0.29, 0.717) is 5.75 Å². The Morgan fingerprint density at radius 3 is 2.47 bits per heavy atom. The molecule has 0 radical (unpaired) electrons. The van der Waals surface area contributed by atoms with Crippen LogP contribution in [0.25, 0.3) is 12.2 Å². The van der Waals surface area contributed by atoms with E-state index in [9.17, 15) is 4.79 Å². The molecule has 0 aliphatic carbocycles. The Labute approximate surface area is 195 Å². The summed E-state index contributed by atoms with van der Waals surface area (Å²) in [6, 6.07) is 21.9. The number of carbonyl (C=O) groups excluding carboxylic acids is 1.